The van der Waals surface area contributed by atoms with E-state index in [4.69, 9.17) is 18.9 Å². The van der Waals surface area contributed by atoms with E-state index in [-0.39, 0.29) is 12.5 Å². The molecule has 2 aromatic carbocycles. The molecule has 0 unspecified atom stereocenters. The maximum absolute atomic E-state index is 11.9. The van der Waals surface area contributed by atoms with Crippen LogP contribution in [-0.2, 0) is 9.53 Å². The second-order valence-electron chi connectivity index (χ2n) is 5.09. The molecule has 25 heavy (non-hydrogen) atoms. The molecule has 0 saturated carbocycles. The number of methoxy groups -OCH3 is 1. The van der Waals surface area contributed by atoms with Gasteiger partial charge in [-0.1, -0.05) is 6.07 Å². The molecular formula is C19H23NO5. The summed E-state index contributed by atoms with van der Waals surface area (Å²) < 4.78 is 21.3. The number of hydrogen-bond donors (Lipinski definition) is 1. The molecule has 1 N–H and O–H groups in total. The molecule has 6 heteroatoms. The van der Waals surface area contributed by atoms with Crippen LogP contribution in [0.1, 0.15) is 6.92 Å². The Bertz CT molecular complexity index is 657. The summed E-state index contributed by atoms with van der Waals surface area (Å²) in [6.07, 6.45) is 0. The Labute approximate surface area is 147 Å². The van der Waals surface area contributed by atoms with Crippen LogP contribution in [0.4, 0.5) is 5.69 Å². The van der Waals surface area contributed by atoms with Crippen LogP contribution in [0.15, 0.2) is 48.5 Å². The van der Waals surface area contributed by atoms with Crippen molar-refractivity contribution in [2.45, 2.75) is 6.92 Å². The van der Waals surface area contributed by atoms with Gasteiger partial charge in [0.25, 0.3) is 5.91 Å². The summed E-state index contributed by atoms with van der Waals surface area (Å²) in [5, 5.41) is 2.76. The minimum absolute atomic E-state index is 0.0816. The second-order valence-corrected chi connectivity index (χ2v) is 5.09. The van der Waals surface area contributed by atoms with Gasteiger partial charge in [-0.2, -0.15) is 0 Å². The maximum atomic E-state index is 11.9. The second kappa shape index (κ2) is 10.2. The third-order valence-corrected chi connectivity index (χ3v) is 3.25. The topological polar surface area (TPSA) is 66.0 Å². The lowest BCUT2D eigenvalue weighted by Gasteiger charge is -2.10. The zero-order valence-electron chi connectivity index (χ0n) is 14.5. The van der Waals surface area contributed by atoms with E-state index in [9.17, 15) is 4.79 Å². The van der Waals surface area contributed by atoms with Crippen LogP contribution < -0.4 is 19.5 Å². The Morgan fingerprint density at radius 2 is 1.68 bits per heavy atom. The van der Waals surface area contributed by atoms with Crippen molar-refractivity contribution in [2.24, 2.45) is 0 Å². The molecule has 6 nitrogen and oxygen atoms in total. The first-order valence-corrected chi connectivity index (χ1v) is 8.08. The third kappa shape index (κ3) is 6.73. The van der Waals surface area contributed by atoms with E-state index in [1.165, 1.54) is 0 Å². The van der Waals surface area contributed by atoms with Crippen LogP contribution in [0.25, 0.3) is 0 Å². The summed E-state index contributed by atoms with van der Waals surface area (Å²) in [6.45, 7) is 3.59. The first-order chi connectivity index (χ1) is 12.2. The molecule has 0 aliphatic rings. The first-order valence-electron chi connectivity index (χ1n) is 8.08. The van der Waals surface area contributed by atoms with Gasteiger partial charge in [-0.25, -0.2) is 0 Å². The fourth-order valence-electron chi connectivity index (χ4n) is 2.04. The molecule has 1 amide bonds. The van der Waals surface area contributed by atoms with E-state index >= 15 is 0 Å². The molecule has 0 aliphatic carbocycles. The van der Waals surface area contributed by atoms with E-state index in [0.717, 1.165) is 5.75 Å². The van der Waals surface area contributed by atoms with Crippen LogP contribution in [0.3, 0.4) is 0 Å². The molecule has 2 rings (SSSR count). The SMILES string of the molecule is CCOCCOc1ccc(OCC(=O)Nc2cccc(OC)c2)cc1. The molecule has 0 aliphatic heterocycles. The minimum Gasteiger partial charge on any atom is -0.497 e. The predicted octanol–water partition coefficient (Wildman–Crippen LogP) is 3.13. The molecule has 0 heterocycles. The van der Waals surface area contributed by atoms with Gasteiger partial charge in [-0.15, -0.1) is 0 Å². The molecule has 0 radical (unpaired) electrons. The monoisotopic (exact) mass is 345 g/mol. The lowest BCUT2D eigenvalue weighted by molar-refractivity contribution is -0.118. The van der Waals surface area contributed by atoms with Crippen LogP contribution in [0, 0.1) is 0 Å². The number of nitrogens with one attached hydrogen (secondary N) is 1. The van der Waals surface area contributed by atoms with Crippen LogP contribution in [0.5, 0.6) is 17.2 Å². The van der Waals surface area contributed by atoms with Crippen molar-refractivity contribution in [3.8, 4) is 17.2 Å². The third-order valence-electron chi connectivity index (χ3n) is 3.25. The number of hydrogen-bond acceptors (Lipinski definition) is 5. The van der Waals surface area contributed by atoms with Gasteiger partial charge < -0.3 is 24.3 Å². The van der Waals surface area contributed by atoms with Crippen molar-refractivity contribution in [3.05, 3.63) is 48.5 Å². The average Bonchev–Trinajstić information content (AvgIpc) is 2.64. The molecular weight excluding hydrogens is 322 g/mol. The van der Waals surface area contributed by atoms with E-state index < -0.39 is 0 Å². The molecule has 0 atom stereocenters. The zero-order chi connectivity index (χ0) is 17.9. The van der Waals surface area contributed by atoms with Gasteiger partial charge in [-0.05, 0) is 43.3 Å². The summed E-state index contributed by atoms with van der Waals surface area (Å²) in [6, 6.07) is 14.2. The Hall–Kier alpha value is -2.73. The van der Waals surface area contributed by atoms with Gasteiger partial charge in [0.15, 0.2) is 6.61 Å². The molecule has 0 aromatic heterocycles. The lowest BCUT2D eigenvalue weighted by atomic mass is 10.3. The normalized spacial score (nSPS) is 10.2. The van der Waals surface area contributed by atoms with Crippen LogP contribution in [-0.4, -0.2) is 39.4 Å². The number of rotatable bonds is 10. The highest BCUT2D eigenvalue weighted by atomic mass is 16.5. The lowest BCUT2D eigenvalue weighted by Crippen LogP contribution is -2.20. The molecule has 0 saturated heterocycles. The Morgan fingerprint density at radius 1 is 0.960 bits per heavy atom. The zero-order valence-corrected chi connectivity index (χ0v) is 14.5. The highest BCUT2D eigenvalue weighted by Crippen LogP contribution is 2.18. The van der Waals surface area contributed by atoms with Crippen LogP contribution in [0.2, 0.25) is 0 Å². The quantitative estimate of drug-likeness (QED) is 0.670. The van der Waals surface area contributed by atoms with Gasteiger partial charge in [0.2, 0.25) is 0 Å². The van der Waals surface area contributed by atoms with E-state index in [1.54, 1.807) is 49.6 Å². The molecule has 0 bridgehead atoms. The summed E-state index contributed by atoms with van der Waals surface area (Å²) in [4.78, 5) is 11.9. The number of amides is 1. The Kier molecular flexibility index (Phi) is 7.59. The smallest absolute Gasteiger partial charge is 0.262 e. The Morgan fingerprint density at radius 3 is 2.36 bits per heavy atom. The van der Waals surface area contributed by atoms with Gasteiger partial charge in [0.1, 0.15) is 23.9 Å². The van der Waals surface area contributed by atoms with Crippen molar-refractivity contribution < 1.29 is 23.7 Å². The maximum Gasteiger partial charge on any atom is 0.262 e. The van der Waals surface area contributed by atoms with Gasteiger partial charge >= 0.3 is 0 Å². The van der Waals surface area contributed by atoms with E-state index in [0.29, 0.717) is 37.0 Å². The fraction of sp³-hybridized carbons (Fsp3) is 0.316. The number of carbonyl (C=O) groups is 1. The number of anilines is 1. The standard InChI is InChI=1S/C19H23NO5/c1-3-23-11-12-24-16-7-9-17(10-8-16)25-14-19(21)20-15-5-4-6-18(13-15)22-2/h4-10,13H,3,11-12,14H2,1-2H3,(H,20,21). The number of carbonyl (C=O) groups excluding carboxylic acids is 1. The number of ether oxygens (including phenoxy) is 4. The predicted molar refractivity (Wildman–Crippen MR) is 95.5 cm³/mol. The summed E-state index contributed by atoms with van der Waals surface area (Å²) in [5.41, 5.74) is 0.658. The Balaban J connectivity index is 1.75. The molecule has 134 valence electrons. The van der Waals surface area contributed by atoms with Gasteiger partial charge in [0.05, 0.1) is 13.7 Å². The summed E-state index contributed by atoms with van der Waals surface area (Å²) >= 11 is 0. The molecule has 0 fully saturated rings. The fourth-order valence-corrected chi connectivity index (χ4v) is 2.04. The summed E-state index contributed by atoms with van der Waals surface area (Å²) in [5.74, 6) is 1.76. The van der Waals surface area contributed by atoms with Gasteiger partial charge in [-0.3, -0.25) is 4.79 Å². The molecule has 0 spiro atoms. The van der Waals surface area contributed by atoms with Crippen molar-refractivity contribution in [2.75, 3.05) is 38.9 Å². The van der Waals surface area contributed by atoms with Crippen molar-refractivity contribution in [1.82, 2.24) is 0 Å². The first kappa shape index (κ1) is 18.6. The number of benzene rings is 2. The van der Waals surface area contributed by atoms with Gasteiger partial charge in [0, 0.05) is 18.4 Å². The van der Waals surface area contributed by atoms with E-state index in [1.807, 2.05) is 13.0 Å². The highest BCUT2D eigenvalue weighted by molar-refractivity contribution is 5.92. The summed E-state index contributed by atoms with van der Waals surface area (Å²) in [7, 11) is 1.58. The largest absolute Gasteiger partial charge is 0.497 e. The minimum atomic E-state index is -0.245. The van der Waals surface area contributed by atoms with Crippen LogP contribution >= 0.6 is 0 Å². The van der Waals surface area contributed by atoms with Crippen molar-refractivity contribution in [1.29, 1.82) is 0 Å². The highest BCUT2D eigenvalue weighted by Gasteiger charge is 2.05. The van der Waals surface area contributed by atoms with Crippen molar-refractivity contribution in [3.63, 3.8) is 0 Å². The van der Waals surface area contributed by atoms with E-state index in [2.05, 4.69) is 5.32 Å². The average molecular weight is 345 g/mol. The molecule has 2 aromatic rings. The van der Waals surface area contributed by atoms with Crippen molar-refractivity contribution >= 4 is 11.6 Å².